The standard InChI is InChI=1S/C9H7IN2O2S2/c10-7-2-1-3-8(4-7)12-16(13,14)9-5-15-6-11-9/h1-6,12H. The predicted molar refractivity (Wildman–Crippen MR) is 72.1 cm³/mol. The summed E-state index contributed by atoms with van der Waals surface area (Å²) in [5, 5.41) is 1.55. The Morgan fingerprint density at radius 3 is 2.81 bits per heavy atom. The summed E-state index contributed by atoms with van der Waals surface area (Å²) in [6.45, 7) is 0. The molecule has 0 radical (unpaired) electrons. The second-order valence-corrected chi connectivity index (χ2v) is 6.54. The number of benzene rings is 1. The molecule has 84 valence electrons. The van der Waals surface area contributed by atoms with Crippen LogP contribution in [0.5, 0.6) is 0 Å². The maximum atomic E-state index is 11.8. The van der Waals surface area contributed by atoms with E-state index in [1.54, 1.807) is 18.2 Å². The maximum Gasteiger partial charge on any atom is 0.280 e. The Labute approximate surface area is 111 Å². The predicted octanol–water partition coefficient (Wildman–Crippen LogP) is 2.55. The quantitative estimate of drug-likeness (QED) is 0.850. The van der Waals surface area contributed by atoms with E-state index in [0.717, 1.165) is 3.57 Å². The first kappa shape index (κ1) is 11.8. The highest BCUT2D eigenvalue weighted by Crippen LogP contribution is 2.17. The van der Waals surface area contributed by atoms with Crippen LogP contribution in [0.4, 0.5) is 5.69 Å². The molecule has 0 saturated heterocycles. The first-order valence-electron chi connectivity index (χ1n) is 4.24. The van der Waals surface area contributed by atoms with Gasteiger partial charge >= 0.3 is 0 Å². The van der Waals surface area contributed by atoms with Gasteiger partial charge in [0.25, 0.3) is 10.0 Å². The Kier molecular flexibility index (Phi) is 3.45. The molecule has 0 unspecified atom stereocenters. The van der Waals surface area contributed by atoms with Crippen molar-refractivity contribution in [3.63, 3.8) is 0 Å². The summed E-state index contributed by atoms with van der Waals surface area (Å²) in [6, 6.07) is 7.14. The van der Waals surface area contributed by atoms with Gasteiger partial charge in [-0.15, -0.1) is 11.3 Å². The van der Waals surface area contributed by atoms with Crippen molar-refractivity contribution in [1.82, 2.24) is 4.98 Å². The van der Waals surface area contributed by atoms with Crippen molar-refractivity contribution in [2.24, 2.45) is 0 Å². The number of hydrogen-bond acceptors (Lipinski definition) is 4. The second-order valence-electron chi connectivity index (χ2n) is 2.94. The molecule has 0 bridgehead atoms. The fourth-order valence-electron chi connectivity index (χ4n) is 1.09. The van der Waals surface area contributed by atoms with E-state index in [4.69, 9.17) is 0 Å². The summed E-state index contributed by atoms with van der Waals surface area (Å²) in [5.74, 6) is 0. The lowest BCUT2D eigenvalue weighted by atomic mass is 10.3. The summed E-state index contributed by atoms with van der Waals surface area (Å²) >= 11 is 3.37. The lowest BCUT2D eigenvalue weighted by Gasteiger charge is -2.05. The third-order valence-electron chi connectivity index (χ3n) is 1.76. The highest BCUT2D eigenvalue weighted by molar-refractivity contribution is 14.1. The van der Waals surface area contributed by atoms with Crippen molar-refractivity contribution in [2.45, 2.75) is 5.03 Å². The lowest BCUT2D eigenvalue weighted by molar-refractivity contribution is 0.598. The molecule has 0 fully saturated rings. The fourth-order valence-corrected chi connectivity index (χ4v) is 3.52. The first-order valence-corrected chi connectivity index (χ1v) is 7.75. The van der Waals surface area contributed by atoms with Crippen LogP contribution in [0, 0.1) is 3.57 Å². The zero-order valence-electron chi connectivity index (χ0n) is 7.92. The molecule has 0 aliphatic rings. The molecular weight excluding hydrogens is 359 g/mol. The molecule has 1 heterocycles. The van der Waals surface area contributed by atoms with Gasteiger partial charge in [-0.2, -0.15) is 8.42 Å². The second kappa shape index (κ2) is 4.68. The molecule has 0 aliphatic heterocycles. The molecule has 0 atom stereocenters. The number of hydrogen-bond donors (Lipinski definition) is 1. The van der Waals surface area contributed by atoms with E-state index in [1.165, 1.54) is 22.2 Å². The summed E-state index contributed by atoms with van der Waals surface area (Å²) in [6.07, 6.45) is 0. The van der Waals surface area contributed by atoms with Crippen molar-refractivity contribution >= 4 is 49.6 Å². The average Bonchev–Trinajstić information content (AvgIpc) is 2.69. The van der Waals surface area contributed by atoms with Crippen LogP contribution in [0.15, 0.2) is 40.2 Å². The fraction of sp³-hybridized carbons (Fsp3) is 0. The van der Waals surface area contributed by atoms with E-state index in [-0.39, 0.29) is 5.03 Å². The van der Waals surface area contributed by atoms with Crippen molar-refractivity contribution < 1.29 is 8.42 Å². The van der Waals surface area contributed by atoms with Crippen molar-refractivity contribution in [1.29, 1.82) is 0 Å². The van der Waals surface area contributed by atoms with Gasteiger partial charge in [0, 0.05) is 14.6 Å². The molecule has 2 rings (SSSR count). The minimum atomic E-state index is -3.54. The van der Waals surface area contributed by atoms with Crippen LogP contribution < -0.4 is 4.72 Å². The first-order chi connectivity index (χ1) is 7.58. The number of anilines is 1. The Hall–Kier alpha value is -0.670. The number of sulfonamides is 1. The molecule has 16 heavy (non-hydrogen) atoms. The van der Waals surface area contributed by atoms with Crippen LogP contribution in [0.2, 0.25) is 0 Å². The van der Waals surface area contributed by atoms with Gasteiger partial charge in [-0.05, 0) is 40.8 Å². The van der Waals surface area contributed by atoms with Crippen LogP contribution >= 0.6 is 33.9 Å². The smallest absolute Gasteiger partial charge is 0.278 e. The highest BCUT2D eigenvalue weighted by Gasteiger charge is 2.15. The Bertz CT molecular complexity index is 581. The molecule has 0 saturated carbocycles. The number of nitrogens with one attached hydrogen (secondary N) is 1. The number of nitrogens with zero attached hydrogens (tertiary/aromatic N) is 1. The van der Waals surface area contributed by atoms with E-state index in [9.17, 15) is 8.42 Å². The number of thiazole rings is 1. The molecule has 0 amide bonds. The van der Waals surface area contributed by atoms with Gasteiger partial charge in [-0.3, -0.25) is 4.72 Å². The zero-order valence-corrected chi connectivity index (χ0v) is 11.7. The zero-order chi connectivity index (χ0) is 11.6. The van der Waals surface area contributed by atoms with Crippen molar-refractivity contribution in [2.75, 3.05) is 4.72 Å². The van der Waals surface area contributed by atoms with Gasteiger partial charge in [0.05, 0.1) is 5.51 Å². The average molecular weight is 366 g/mol. The van der Waals surface area contributed by atoms with E-state index in [1.807, 2.05) is 6.07 Å². The van der Waals surface area contributed by atoms with Crippen molar-refractivity contribution in [3.8, 4) is 0 Å². The van der Waals surface area contributed by atoms with E-state index >= 15 is 0 Å². The molecular formula is C9H7IN2O2S2. The third-order valence-corrected chi connectivity index (χ3v) is 4.45. The highest BCUT2D eigenvalue weighted by atomic mass is 127. The van der Waals surface area contributed by atoms with Gasteiger partial charge in [0.15, 0.2) is 5.03 Å². The molecule has 7 heteroatoms. The molecule has 1 N–H and O–H groups in total. The minimum absolute atomic E-state index is 0.0522. The van der Waals surface area contributed by atoms with Gasteiger partial charge in [-0.1, -0.05) is 6.07 Å². The topological polar surface area (TPSA) is 59.1 Å². The number of halogens is 1. The minimum Gasteiger partial charge on any atom is -0.278 e. The van der Waals surface area contributed by atoms with E-state index < -0.39 is 10.0 Å². The van der Waals surface area contributed by atoms with E-state index in [0.29, 0.717) is 5.69 Å². The van der Waals surface area contributed by atoms with Crippen LogP contribution in [-0.2, 0) is 10.0 Å². The van der Waals surface area contributed by atoms with Crippen LogP contribution in [-0.4, -0.2) is 13.4 Å². The van der Waals surface area contributed by atoms with Gasteiger partial charge in [0.2, 0.25) is 0 Å². The normalized spacial score (nSPS) is 11.3. The van der Waals surface area contributed by atoms with Crippen LogP contribution in [0.3, 0.4) is 0 Å². The lowest BCUT2D eigenvalue weighted by Crippen LogP contribution is -2.13. The third kappa shape index (κ3) is 2.71. The van der Waals surface area contributed by atoms with Crippen LogP contribution in [0.1, 0.15) is 0 Å². The van der Waals surface area contributed by atoms with Gasteiger partial charge in [0.1, 0.15) is 0 Å². The molecule has 4 nitrogen and oxygen atoms in total. The summed E-state index contributed by atoms with van der Waals surface area (Å²) in [5.41, 5.74) is 2.03. The largest absolute Gasteiger partial charge is 0.280 e. The molecule has 0 spiro atoms. The monoisotopic (exact) mass is 366 g/mol. The molecule has 1 aromatic carbocycles. The Morgan fingerprint density at radius 2 is 2.19 bits per heavy atom. The SMILES string of the molecule is O=S(=O)(Nc1cccc(I)c1)c1cscn1. The summed E-state index contributed by atoms with van der Waals surface area (Å²) in [7, 11) is -3.54. The van der Waals surface area contributed by atoms with E-state index in [2.05, 4.69) is 32.3 Å². The summed E-state index contributed by atoms with van der Waals surface area (Å²) in [4.78, 5) is 3.77. The molecule has 1 aromatic heterocycles. The maximum absolute atomic E-state index is 11.8. The van der Waals surface area contributed by atoms with Gasteiger partial charge in [-0.25, -0.2) is 4.98 Å². The number of rotatable bonds is 3. The summed E-state index contributed by atoms with van der Waals surface area (Å²) < 4.78 is 27.1. The van der Waals surface area contributed by atoms with Crippen molar-refractivity contribution in [3.05, 3.63) is 38.7 Å². The molecule has 2 aromatic rings. The Morgan fingerprint density at radius 1 is 1.38 bits per heavy atom. The molecule has 0 aliphatic carbocycles. The Balaban J connectivity index is 2.29. The number of aromatic nitrogens is 1. The van der Waals surface area contributed by atoms with Gasteiger partial charge < -0.3 is 0 Å². The van der Waals surface area contributed by atoms with Crippen LogP contribution in [0.25, 0.3) is 0 Å².